The number of carboxylic acids is 1. The van der Waals surface area contributed by atoms with Crippen molar-refractivity contribution in [3.8, 4) is 0 Å². The molecule has 2 atom stereocenters. The van der Waals surface area contributed by atoms with Crippen LogP contribution in [0.3, 0.4) is 0 Å². The lowest BCUT2D eigenvalue weighted by atomic mass is 9.96. The Morgan fingerprint density at radius 1 is 0.905 bits per heavy atom. The van der Waals surface area contributed by atoms with Crippen LogP contribution in [0.2, 0.25) is 5.02 Å². The number of carbonyl (C=O) groups is 5. The molecule has 4 rings (SSSR count). The second-order valence-electron chi connectivity index (χ2n) is 10.2. The Labute approximate surface area is 248 Å². The third kappa shape index (κ3) is 6.26. The van der Waals surface area contributed by atoms with Crippen molar-refractivity contribution in [2.45, 2.75) is 39.3 Å². The Balaban J connectivity index is 1.93. The van der Waals surface area contributed by atoms with E-state index in [2.05, 4.69) is 0 Å². The van der Waals surface area contributed by atoms with E-state index in [4.69, 9.17) is 11.6 Å². The number of carboxylic acid groups (broad SMARTS) is 1. The maximum absolute atomic E-state index is 14.5. The van der Waals surface area contributed by atoms with Crippen LogP contribution >= 0.6 is 11.6 Å². The molecule has 0 aliphatic carbocycles. The van der Waals surface area contributed by atoms with Gasteiger partial charge in [-0.1, -0.05) is 86.1 Å². The van der Waals surface area contributed by atoms with E-state index in [1.54, 1.807) is 98.8 Å². The minimum atomic E-state index is -1.74. The number of hydrazine groups is 1. The fourth-order valence-corrected chi connectivity index (χ4v) is 5.09. The predicted octanol–water partition coefficient (Wildman–Crippen LogP) is 4.68. The standard InChI is InChI=1S/C32H30ClN3O6/c1-20(2)28-31(40)36(35(21(3)37)26(29(38)32(41)42)18-22-10-6-4-7-11-22)27(23-12-8-5-9-13-23)19-34(28)30(39)24-14-16-25(33)17-15-24/h4-17,19-20,26,28H,18H2,1-3H3,(H,41,42)/t26-,28?/m0/s1. The number of nitrogens with zero attached hydrogens (tertiary/aromatic N) is 3. The molecule has 1 heterocycles. The third-order valence-corrected chi connectivity index (χ3v) is 7.15. The van der Waals surface area contributed by atoms with Crippen LogP contribution < -0.4 is 0 Å². The van der Waals surface area contributed by atoms with E-state index in [-0.39, 0.29) is 12.1 Å². The van der Waals surface area contributed by atoms with Gasteiger partial charge in [-0.15, -0.1) is 0 Å². The molecule has 1 aliphatic rings. The first-order chi connectivity index (χ1) is 20.0. The number of halogens is 1. The lowest BCUT2D eigenvalue weighted by Gasteiger charge is -2.46. The van der Waals surface area contributed by atoms with Crippen LogP contribution in [0.5, 0.6) is 0 Å². The van der Waals surface area contributed by atoms with E-state index < -0.39 is 47.5 Å². The summed E-state index contributed by atoms with van der Waals surface area (Å²) in [6.45, 7) is 4.68. The lowest BCUT2D eigenvalue weighted by Crippen LogP contribution is -2.64. The topological polar surface area (TPSA) is 115 Å². The average molecular weight is 588 g/mol. The quantitative estimate of drug-likeness (QED) is 0.364. The van der Waals surface area contributed by atoms with Crippen LogP contribution in [0, 0.1) is 5.92 Å². The molecule has 1 unspecified atom stereocenters. The molecule has 0 saturated carbocycles. The van der Waals surface area contributed by atoms with Crippen molar-refractivity contribution in [3.63, 3.8) is 0 Å². The number of hydrogen-bond donors (Lipinski definition) is 1. The van der Waals surface area contributed by atoms with Crippen LogP contribution in [-0.4, -0.2) is 61.6 Å². The molecule has 1 aliphatic heterocycles. The van der Waals surface area contributed by atoms with Crippen molar-refractivity contribution in [2.75, 3.05) is 0 Å². The number of amides is 3. The molecule has 0 spiro atoms. The highest BCUT2D eigenvalue weighted by molar-refractivity contribution is 6.35. The summed E-state index contributed by atoms with van der Waals surface area (Å²) in [5.41, 5.74) is 1.49. The molecule has 42 heavy (non-hydrogen) atoms. The van der Waals surface area contributed by atoms with Crippen LogP contribution in [-0.2, 0) is 25.6 Å². The normalized spacial score (nSPS) is 15.7. The summed E-state index contributed by atoms with van der Waals surface area (Å²) in [6.07, 6.45) is 1.32. The summed E-state index contributed by atoms with van der Waals surface area (Å²) in [6, 6.07) is 20.8. The molecule has 0 aromatic heterocycles. The van der Waals surface area contributed by atoms with Gasteiger partial charge in [-0.05, 0) is 35.7 Å². The Kier molecular flexibility index (Phi) is 9.22. The van der Waals surface area contributed by atoms with Gasteiger partial charge in [-0.3, -0.25) is 24.1 Å². The van der Waals surface area contributed by atoms with Gasteiger partial charge in [0.15, 0.2) is 0 Å². The summed E-state index contributed by atoms with van der Waals surface area (Å²) < 4.78 is 0. The second-order valence-corrected chi connectivity index (χ2v) is 10.6. The van der Waals surface area contributed by atoms with E-state index >= 15 is 0 Å². The molecule has 9 nitrogen and oxygen atoms in total. The summed E-state index contributed by atoms with van der Waals surface area (Å²) in [5.74, 6) is -5.28. The van der Waals surface area contributed by atoms with Crippen molar-refractivity contribution in [2.24, 2.45) is 5.92 Å². The van der Waals surface area contributed by atoms with Crippen LogP contribution in [0.25, 0.3) is 5.70 Å². The van der Waals surface area contributed by atoms with Gasteiger partial charge in [0.2, 0.25) is 5.91 Å². The second kappa shape index (κ2) is 12.8. The van der Waals surface area contributed by atoms with Gasteiger partial charge in [0, 0.05) is 35.7 Å². The van der Waals surface area contributed by atoms with Gasteiger partial charge in [-0.25, -0.2) is 14.8 Å². The highest BCUT2D eigenvalue weighted by atomic mass is 35.5. The van der Waals surface area contributed by atoms with E-state index in [9.17, 15) is 29.1 Å². The van der Waals surface area contributed by atoms with Crippen LogP contribution in [0.15, 0.2) is 91.1 Å². The molecule has 10 heteroatoms. The monoisotopic (exact) mass is 587 g/mol. The molecular formula is C32H30ClN3O6. The highest BCUT2D eigenvalue weighted by Gasteiger charge is 2.47. The molecular weight excluding hydrogens is 558 g/mol. The number of ketones is 1. The molecule has 0 fully saturated rings. The molecule has 0 bridgehead atoms. The van der Waals surface area contributed by atoms with Crippen molar-refractivity contribution in [3.05, 3.63) is 113 Å². The van der Waals surface area contributed by atoms with E-state index in [0.29, 0.717) is 21.7 Å². The van der Waals surface area contributed by atoms with Gasteiger partial charge < -0.3 is 5.11 Å². The Morgan fingerprint density at radius 2 is 1.48 bits per heavy atom. The summed E-state index contributed by atoms with van der Waals surface area (Å²) >= 11 is 6.02. The molecule has 0 saturated heterocycles. The largest absolute Gasteiger partial charge is 0.475 e. The summed E-state index contributed by atoms with van der Waals surface area (Å²) in [7, 11) is 0. The van der Waals surface area contributed by atoms with Crippen molar-refractivity contribution >= 4 is 46.8 Å². The van der Waals surface area contributed by atoms with Crippen molar-refractivity contribution in [1.29, 1.82) is 0 Å². The third-order valence-electron chi connectivity index (χ3n) is 6.90. The predicted molar refractivity (Wildman–Crippen MR) is 157 cm³/mol. The van der Waals surface area contributed by atoms with Gasteiger partial charge in [-0.2, -0.15) is 0 Å². The zero-order chi connectivity index (χ0) is 30.6. The number of aliphatic carboxylic acids is 1. The SMILES string of the molecule is CC(=O)N([C@@H](Cc1ccccc1)C(=O)C(=O)O)N1C(=O)C(C(C)C)N(C(=O)c2ccc(Cl)cc2)C=C1c1ccccc1. The fraction of sp³-hybridized carbons (Fsp3) is 0.219. The van der Waals surface area contributed by atoms with E-state index in [1.165, 1.54) is 18.0 Å². The Bertz CT molecular complexity index is 1520. The molecule has 216 valence electrons. The number of Topliss-reactive ketones (excluding diaryl/α,β-unsaturated/α-hetero) is 1. The summed E-state index contributed by atoms with van der Waals surface area (Å²) in [5, 5.41) is 12.1. The molecule has 0 radical (unpaired) electrons. The smallest absolute Gasteiger partial charge is 0.374 e. The minimum absolute atomic E-state index is 0.131. The number of rotatable bonds is 9. The van der Waals surface area contributed by atoms with E-state index in [1.807, 2.05) is 0 Å². The van der Waals surface area contributed by atoms with Crippen LogP contribution in [0.4, 0.5) is 0 Å². The molecule has 1 N–H and O–H groups in total. The maximum Gasteiger partial charge on any atom is 0.374 e. The molecule has 3 amide bonds. The van der Waals surface area contributed by atoms with Gasteiger partial charge in [0.25, 0.3) is 17.6 Å². The lowest BCUT2D eigenvalue weighted by molar-refractivity contribution is -0.169. The van der Waals surface area contributed by atoms with Crippen molar-refractivity contribution in [1.82, 2.24) is 14.9 Å². The number of carbonyl (C=O) groups excluding carboxylic acids is 4. The summed E-state index contributed by atoms with van der Waals surface area (Å²) in [4.78, 5) is 68.1. The van der Waals surface area contributed by atoms with Crippen molar-refractivity contribution < 1.29 is 29.1 Å². The Hall–Kier alpha value is -4.76. The number of hydrogen-bond acceptors (Lipinski definition) is 5. The average Bonchev–Trinajstić information content (AvgIpc) is 2.97. The first-order valence-electron chi connectivity index (χ1n) is 13.3. The van der Waals surface area contributed by atoms with Gasteiger partial charge in [0.1, 0.15) is 12.1 Å². The first-order valence-corrected chi connectivity index (χ1v) is 13.7. The van der Waals surface area contributed by atoms with Gasteiger partial charge in [0.05, 0.1) is 5.70 Å². The van der Waals surface area contributed by atoms with E-state index in [0.717, 1.165) is 10.0 Å². The minimum Gasteiger partial charge on any atom is -0.475 e. The number of benzene rings is 3. The molecule has 3 aromatic carbocycles. The fourth-order valence-electron chi connectivity index (χ4n) is 4.96. The molecule has 3 aromatic rings. The Morgan fingerprint density at radius 3 is 2.00 bits per heavy atom. The first kappa shape index (κ1) is 30.2. The maximum atomic E-state index is 14.5. The highest BCUT2D eigenvalue weighted by Crippen LogP contribution is 2.34. The zero-order valence-electron chi connectivity index (χ0n) is 23.3. The van der Waals surface area contributed by atoms with Gasteiger partial charge >= 0.3 is 5.97 Å². The zero-order valence-corrected chi connectivity index (χ0v) is 24.1. The van der Waals surface area contributed by atoms with Crippen LogP contribution in [0.1, 0.15) is 42.3 Å².